The molecule has 1 aromatic heterocycles. The van der Waals surface area contributed by atoms with Crippen molar-refractivity contribution < 1.29 is 9.72 Å². The molecule has 0 saturated carbocycles. The summed E-state index contributed by atoms with van der Waals surface area (Å²) >= 11 is 7.61. The van der Waals surface area contributed by atoms with Crippen molar-refractivity contribution >= 4 is 46.3 Å². The first-order chi connectivity index (χ1) is 10.5. The second-order valence-electron chi connectivity index (χ2n) is 4.55. The minimum absolute atomic E-state index is 0.0898. The maximum Gasteiger partial charge on any atom is 0.270 e. The summed E-state index contributed by atoms with van der Waals surface area (Å²) in [7, 11) is 0. The summed E-state index contributed by atoms with van der Waals surface area (Å²) in [5.74, 6) is -0.224. The van der Waals surface area contributed by atoms with Crippen LogP contribution in [0.4, 0.5) is 5.69 Å². The van der Waals surface area contributed by atoms with Gasteiger partial charge in [-0.25, -0.2) is 0 Å². The molecule has 0 aliphatic carbocycles. The van der Waals surface area contributed by atoms with Gasteiger partial charge in [-0.1, -0.05) is 17.7 Å². The zero-order valence-electron chi connectivity index (χ0n) is 11.1. The molecule has 2 heterocycles. The number of nitrogens with zero attached hydrogens (tertiary/aromatic N) is 1. The number of halogens is 1. The van der Waals surface area contributed by atoms with Gasteiger partial charge in [-0.15, -0.1) is 11.3 Å². The van der Waals surface area contributed by atoms with Crippen LogP contribution in [0.1, 0.15) is 10.4 Å². The van der Waals surface area contributed by atoms with Crippen molar-refractivity contribution in [3.63, 3.8) is 0 Å². The van der Waals surface area contributed by atoms with Crippen molar-refractivity contribution in [1.82, 2.24) is 5.32 Å². The van der Waals surface area contributed by atoms with E-state index in [0.29, 0.717) is 16.8 Å². The number of nitro benzene ring substituents is 1. The summed E-state index contributed by atoms with van der Waals surface area (Å²) in [5.41, 5.74) is 1.52. The van der Waals surface area contributed by atoms with Gasteiger partial charge in [-0.2, -0.15) is 0 Å². The Bertz CT molecular complexity index is 825. The summed E-state index contributed by atoms with van der Waals surface area (Å²) in [6.45, 7) is 0. The largest absolute Gasteiger partial charge is 0.321 e. The zero-order chi connectivity index (χ0) is 15.7. The van der Waals surface area contributed by atoms with Gasteiger partial charge in [-0.3, -0.25) is 14.9 Å². The van der Waals surface area contributed by atoms with Crippen LogP contribution in [-0.4, -0.2) is 10.8 Å². The molecule has 0 unspecified atom stereocenters. The number of rotatable bonds is 3. The fraction of sp³-hybridized carbons (Fsp3) is 0. The van der Waals surface area contributed by atoms with E-state index in [1.807, 2.05) is 17.5 Å². The number of benzene rings is 1. The van der Waals surface area contributed by atoms with Gasteiger partial charge in [0.1, 0.15) is 0 Å². The normalized spacial score (nSPS) is 15.8. The average Bonchev–Trinajstić information content (AvgIpc) is 3.10. The maximum atomic E-state index is 12.0. The highest BCUT2D eigenvalue weighted by molar-refractivity contribution is 7.10. The van der Waals surface area contributed by atoms with Crippen LogP contribution in [0.3, 0.4) is 0 Å². The van der Waals surface area contributed by atoms with Crippen molar-refractivity contribution in [1.29, 1.82) is 0 Å². The first kappa shape index (κ1) is 14.5. The van der Waals surface area contributed by atoms with Crippen LogP contribution >= 0.6 is 22.9 Å². The van der Waals surface area contributed by atoms with Gasteiger partial charge >= 0.3 is 0 Å². The number of nitro groups is 1. The number of nitrogens with one attached hydrogen (secondary N) is 1. The number of amides is 1. The molecule has 0 bridgehead atoms. The number of thiophene rings is 1. The van der Waals surface area contributed by atoms with Gasteiger partial charge in [0.15, 0.2) is 0 Å². The van der Waals surface area contributed by atoms with Crippen molar-refractivity contribution in [2.24, 2.45) is 0 Å². The van der Waals surface area contributed by atoms with Crippen LogP contribution < -0.4 is 5.32 Å². The molecule has 5 nitrogen and oxygen atoms in total. The van der Waals surface area contributed by atoms with E-state index >= 15 is 0 Å². The highest BCUT2D eigenvalue weighted by Gasteiger charge is 2.21. The Labute approximate surface area is 134 Å². The SMILES string of the molecule is O=C1NC(c2ccc([N+](=O)[O-])cc2Cl)=CC1=Cc1cccs1. The van der Waals surface area contributed by atoms with Gasteiger partial charge in [0.2, 0.25) is 0 Å². The van der Waals surface area contributed by atoms with E-state index < -0.39 is 4.92 Å². The Kier molecular flexibility index (Phi) is 3.79. The molecule has 1 aliphatic rings. The standard InChI is InChI=1S/C15H9ClN2O3S/c16-13-8-10(18(20)21)3-4-12(13)14-7-9(15(19)17-14)6-11-2-1-5-22-11/h1-8H,(H,17,19). The van der Waals surface area contributed by atoms with Gasteiger partial charge in [0.05, 0.1) is 15.6 Å². The molecule has 22 heavy (non-hydrogen) atoms. The lowest BCUT2D eigenvalue weighted by Crippen LogP contribution is -2.15. The Balaban J connectivity index is 1.96. The fourth-order valence-electron chi connectivity index (χ4n) is 2.07. The molecule has 1 amide bonds. The van der Waals surface area contributed by atoms with Crippen molar-refractivity contribution in [3.8, 4) is 0 Å². The predicted octanol–water partition coefficient (Wildman–Crippen LogP) is 3.86. The Morgan fingerprint density at radius 2 is 2.14 bits per heavy atom. The van der Waals surface area contributed by atoms with E-state index in [1.54, 1.807) is 12.2 Å². The van der Waals surface area contributed by atoms with Crippen molar-refractivity contribution in [2.45, 2.75) is 0 Å². The van der Waals surface area contributed by atoms with Gasteiger partial charge in [0, 0.05) is 28.1 Å². The lowest BCUT2D eigenvalue weighted by molar-refractivity contribution is -0.384. The summed E-state index contributed by atoms with van der Waals surface area (Å²) in [4.78, 5) is 23.2. The summed E-state index contributed by atoms with van der Waals surface area (Å²) in [5, 5.41) is 15.6. The average molecular weight is 333 g/mol. The number of carbonyl (C=O) groups is 1. The highest BCUT2D eigenvalue weighted by atomic mass is 35.5. The molecule has 1 aromatic carbocycles. The second-order valence-corrected chi connectivity index (χ2v) is 5.93. The van der Waals surface area contributed by atoms with E-state index in [9.17, 15) is 14.9 Å². The molecule has 0 radical (unpaired) electrons. The summed E-state index contributed by atoms with van der Waals surface area (Å²) < 4.78 is 0. The summed E-state index contributed by atoms with van der Waals surface area (Å²) in [6.07, 6.45) is 3.47. The first-order valence-electron chi connectivity index (χ1n) is 6.27. The molecule has 1 N–H and O–H groups in total. The van der Waals surface area contributed by atoms with E-state index in [1.165, 1.54) is 29.5 Å². The molecular formula is C15H9ClN2O3S. The van der Waals surface area contributed by atoms with E-state index in [0.717, 1.165) is 4.88 Å². The molecule has 0 saturated heterocycles. The third-order valence-electron chi connectivity index (χ3n) is 3.10. The maximum absolute atomic E-state index is 12.0. The van der Waals surface area contributed by atoms with Crippen LogP contribution in [0.15, 0.2) is 47.4 Å². The van der Waals surface area contributed by atoms with Crippen molar-refractivity contribution in [3.05, 3.63) is 72.9 Å². The highest BCUT2D eigenvalue weighted by Crippen LogP contribution is 2.30. The molecular weight excluding hydrogens is 324 g/mol. The van der Waals surface area contributed by atoms with E-state index in [-0.39, 0.29) is 16.6 Å². The lowest BCUT2D eigenvalue weighted by atomic mass is 10.1. The lowest BCUT2D eigenvalue weighted by Gasteiger charge is -2.05. The van der Waals surface area contributed by atoms with E-state index in [4.69, 9.17) is 11.6 Å². The molecule has 0 fully saturated rings. The first-order valence-corrected chi connectivity index (χ1v) is 7.53. The number of non-ortho nitro benzene ring substituents is 1. The van der Waals surface area contributed by atoms with Crippen molar-refractivity contribution in [2.75, 3.05) is 0 Å². The molecule has 110 valence electrons. The quantitative estimate of drug-likeness (QED) is 0.527. The van der Waals surface area contributed by atoms with Crippen LogP contribution in [0, 0.1) is 10.1 Å². The topological polar surface area (TPSA) is 72.2 Å². The predicted molar refractivity (Wildman–Crippen MR) is 86.5 cm³/mol. The summed E-state index contributed by atoms with van der Waals surface area (Å²) in [6, 6.07) is 7.97. The number of hydrogen-bond donors (Lipinski definition) is 1. The molecule has 0 spiro atoms. The van der Waals surface area contributed by atoms with Crippen LogP contribution in [0.25, 0.3) is 11.8 Å². The Morgan fingerprint density at radius 3 is 2.77 bits per heavy atom. The Hall–Kier alpha value is -2.44. The van der Waals surface area contributed by atoms with Crippen LogP contribution in [0.5, 0.6) is 0 Å². The minimum Gasteiger partial charge on any atom is -0.321 e. The smallest absolute Gasteiger partial charge is 0.270 e. The fourth-order valence-corrected chi connectivity index (χ4v) is 3.01. The molecule has 3 rings (SSSR count). The van der Waals surface area contributed by atoms with Gasteiger partial charge in [0.25, 0.3) is 11.6 Å². The number of carbonyl (C=O) groups excluding carboxylic acids is 1. The number of hydrogen-bond acceptors (Lipinski definition) is 4. The monoisotopic (exact) mass is 332 g/mol. The van der Waals surface area contributed by atoms with Gasteiger partial charge in [-0.05, 0) is 29.7 Å². The molecule has 1 aliphatic heterocycles. The molecule has 7 heteroatoms. The van der Waals surface area contributed by atoms with Gasteiger partial charge < -0.3 is 5.32 Å². The minimum atomic E-state index is -0.514. The third kappa shape index (κ3) is 2.79. The van der Waals surface area contributed by atoms with Crippen LogP contribution in [0.2, 0.25) is 5.02 Å². The molecule has 0 atom stereocenters. The zero-order valence-corrected chi connectivity index (χ0v) is 12.6. The molecule has 2 aromatic rings. The Morgan fingerprint density at radius 1 is 1.32 bits per heavy atom. The van der Waals surface area contributed by atoms with E-state index in [2.05, 4.69) is 5.32 Å². The van der Waals surface area contributed by atoms with Crippen LogP contribution in [-0.2, 0) is 4.79 Å². The second kappa shape index (κ2) is 5.75. The third-order valence-corrected chi connectivity index (χ3v) is 4.24.